The molecular weight excluding hydrogens is 140 g/mol. The summed E-state index contributed by atoms with van der Waals surface area (Å²) in [5, 5.41) is 0. The van der Waals surface area contributed by atoms with Crippen molar-refractivity contribution in [2.75, 3.05) is 13.1 Å². The van der Waals surface area contributed by atoms with Gasteiger partial charge in [0.25, 0.3) is 0 Å². The Balaban J connectivity index is 2.02. The van der Waals surface area contributed by atoms with Gasteiger partial charge in [0.05, 0.1) is 0 Å². The van der Waals surface area contributed by atoms with Crippen LogP contribution in [0.5, 0.6) is 0 Å². The zero-order valence-electron chi connectivity index (χ0n) is 6.62. The first-order chi connectivity index (χ1) is 5.25. The number of carbonyl (C=O) groups is 1. The molecule has 1 saturated carbocycles. The van der Waals surface area contributed by atoms with Crippen LogP contribution in [0.4, 0.5) is 4.79 Å². The molecule has 1 saturated heterocycles. The maximum Gasteiger partial charge on any atom is 0.314 e. The van der Waals surface area contributed by atoms with Crippen molar-refractivity contribution in [1.82, 2.24) is 4.90 Å². The van der Waals surface area contributed by atoms with E-state index in [0.717, 1.165) is 24.9 Å². The van der Waals surface area contributed by atoms with E-state index in [0.29, 0.717) is 0 Å². The summed E-state index contributed by atoms with van der Waals surface area (Å²) < 4.78 is 0. The molecule has 2 bridgehead atoms. The average Bonchev–Trinajstić information content (AvgIpc) is 2.30. The zero-order valence-corrected chi connectivity index (χ0v) is 6.62. The minimum absolute atomic E-state index is 0.235. The molecule has 2 fully saturated rings. The standard InChI is InChI=1S/C8H14N2O/c9-8(11)10-4-6-1-2-7(3-6)5-10/h6-7H,1-5H2,(H2,9,11). The Kier molecular flexibility index (Phi) is 1.51. The summed E-state index contributed by atoms with van der Waals surface area (Å²) >= 11 is 0. The molecule has 2 rings (SSSR count). The van der Waals surface area contributed by atoms with Gasteiger partial charge < -0.3 is 10.6 Å². The molecule has 1 heterocycles. The van der Waals surface area contributed by atoms with E-state index < -0.39 is 0 Å². The summed E-state index contributed by atoms with van der Waals surface area (Å²) in [6.45, 7) is 1.82. The summed E-state index contributed by atoms with van der Waals surface area (Å²) in [7, 11) is 0. The van der Waals surface area contributed by atoms with Crippen LogP contribution in [0.3, 0.4) is 0 Å². The molecule has 2 aliphatic rings. The highest BCUT2D eigenvalue weighted by Gasteiger charge is 2.33. The van der Waals surface area contributed by atoms with E-state index in [1.54, 1.807) is 4.90 Å². The predicted molar refractivity (Wildman–Crippen MR) is 42.0 cm³/mol. The fraction of sp³-hybridized carbons (Fsp3) is 0.875. The van der Waals surface area contributed by atoms with Gasteiger partial charge in [0.15, 0.2) is 0 Å². The third-order valence-electron chi connectivity index (χ3n) is 2.92. The number of rotatable bonds is 0. The van der Waals surface area contributed by atoms with Crippen LogP contribution < -0.4 is 5.73 Å². The van der Waals surface area contributed by atoms with E-state index in [4.69, 9.17) is 5.73 Å². The van der Waals surface area contributed by atoms with Gasteiger partial charge >= 0.3 is 6.03 Å². The van der Waals surface area contributed by atoms with Crippen molar-refractivity contribution in [2.45, 2.75) is 19.3 Å². The van der Waals surface area contributed by atoms with Crippen molar-refractivity contribution >= 4 is 6.03 Å². The lowest BCUT2D eigenvalue weighted by atomic mass is 9.99. The molecule has 62 valence electrons. The van der Waals surface area contributed by atoms with Crippen molar-refractivity contribution < 1.29 is 4.79 Å². The van der Waals surface area contributed by atoms with Gasteiger partial charge in [0, 0.05) is 13.1 Å². The molecule has 2 N–H and O–H groups in total. The molecule has 2 atom stereocenters. The average molecular weight is 154 g/mol. The van der Waals surface area contributed by atoms with Gasteiger partial charge in [-0.25, -0.2) is 4.79 Å². The molecule has 3 heteroatoms. The minimum Gasteiger partial charge on any atom is -0.351 e. The fourth-order valence-electron chi connectivity index (χ4n) is 2.39. The molecule has 0 aromatic rings. The number of piperidine rings is 1. The number of nitrogens with zero attached hydrogens (tertiary/aromatic N) is 1. The number of hydrogen-bond acceptors (Lipinski definition) is 1. The highest BCUT2D eigenvalue weighted by Crippen LogP contribution is 2.35. The second-order valence-corrected chi connectivity index (χ2v) is 3.79. The maximum absolute atomic E-state index is 10.8. The quantitative estimate of drug-likeness (QED) is 0.551. The lowest BCUT2D eigenvalue weighted by Crippen LogP contribution is -2.43. The Hall–Kier alpha value is -0.730. The van der Waals surface area contributed by atoms with Crippen molar-refractivity contribution in [1.29, 1.82) is 0 Å². The van der Waals surface area contributed by atoms with Crippen LogP contribution in [0.2, 0.25) is 0 Å². The van der Waals surface area contributed by atoms with Crippen LogP contribution in [-0.4, -0.2) is 24.0 Å². The summed E-state index contributed by atoms with van der Waals surface area (Å²) in [5.74, 6) is 1.50. The van der Waals surface area contributed by atoms with E-state index in [1.165, 1.54) is 19.3 Å². The van der Waals surface area contributed by atoms with Crippen LogP contribution in [0.15, 0.2) is 0 Å². The molecule has 3 nitrogen and oxygen atoms in total. The molecule has 2 amide bonds. The van der Waals surface area contributed by atoms with Gasteiger partial charge in [0.1, 0.15) is 0 Å². The lowest BCUT2D eigenvalue weighted by Gasteiger charge is -2.30. The second kappa shape index (κ2) is 2.40. The Morgan fingerprint density at radius 3 is 2.27 bits per heavy atom. The normalized spacial score (nSPS) is 35.8. The summed E-state index contributed by atoms with van der Waals surface area (Å²) in [6, 6.07) is -0.235. The van der Waals surface area contributed by atoms with Crippen molar-refractivity contribution in [3.05, 3.63) is 0 Å². The second-order valence-electron chi connectivity index (χ2n) is 3.79. The molecule has 1 aliphatic heterocycles. The zero-order chi connectivity index (χ0) is 7.84. The van der Waals surface area contributed by atoms with Crippen molar-refractivity contribution in [2.24, 2.45) is 17.6 Å². The molecule has 11 heavy (non-hydrogen) atoms. The topological polar surface area (TPSA) is 46.3 Å². The largest absolute Gasteiger partial charge is 0.351 e. The van der Waals surface area contributed by atoms with Crippen molar-refractivity contribution in [3.63, 3.8) is 0 Å². The first-order valence-corrected chi connectivity index (χ1v) is 4.30. The summed E-state index contributed by atoms with van der Waals surface area (Å²) in [6.07, 6.45) is 3.92. The molecule has 0 radical (unpaired) electrons. The van der Waals surface area contributed by atoms with Gasteiger partial charge in [0.2, 0.25) is 0 Å². The van der Waals surface area contributed by atoms with Crippen LogP contribution in [-0.2, 0) is 0 Å². The Labute approximate surface area is 66.5 Å². The fourth-order valence-corrected chi connectivity index (χ4v) is 2.39. The smallest absolute Gasteiger partial charge is 0.314 e. The van der Waals surface area contributed by atoms with E-state index in [9.17, 15) is 4.79 Å². The van der Waals surface area contributed by atoms with Gasteiger partial charge in [-0.3, -0.25) is 0 Å². The van der Waals surface area contributed by atoms with Gasteiger partial charge in [-0.05, 0) is 31.1 Å². The highest BCUT2D eigenvalue weighted by atomic mass is 16.2. The number of primary amides is 1. The number of likely N-dealkylation sites (tertiary alicyclic amines) is 1. The van der Waals surface area contributed by atoms with E-state index in [2.05, 4.69) is 0 Å². The minimum atomic E-state index is -0.235. The van der Waals surface area contributed by atoms with Gasteiger partial charge in [-0.15, -0.1) is 0 Å². The number of carbonyl (C=O) groups excluding carboxylic acids is 1. The predicted octanol–water partition coefficient (Wildman–Crippen LogP) is 0.797. The van der Waals surface area contributed by atoms with Crippen LogP contribution >= 0.6 is 0 Å². The monoisotopic (exact) mass is 154 g/mol. The molecule has 2 unspecified atom stereocenters. The number of amides is 2. The third kappa shape index (κ3) is 1.19. The third-order valence-corrected chi connectivity index (χ3v) is 2.92. The Morgan fingerprint density at radius 1 is 1.27 bits per heavy atom. The van der Waals surface area contributed by atoms with E-state index in [1.807, 2.05) is 0 Å². The first-order valence-electron chi connectivity index (χ1n) is 4.30. The molecule has 0 spiro atoms. The lowest BCUT2D eigenvalue weighted by molar-refractivity contribution is 0.170. The first kappa shape index (κ1) is 6.95. The van der Waals surface area contributed by atoms with Crippen molar-refractivity contribution in [3.8, 4) is 0 Å². The number of fused-ring (bicyclic) bond motifs is 2. The number of urea groups is 1. The van der Waals surface area contributed by atoms with Crippen LogP contribution in [0.1, 0.15) is 19.3 Å². The van der Waals surface area contributed by atoms with Crippen LogP contribution in [0.25, 0.3) is 0 Å². The van der Waals surface area contributed by atoms with E-state index in [-0.39, 0.29) is 6.03 Å². The molecule has 1 aliphatic carbocycles. The summed E-state index contributed by atoms with van der Waals surface area (Å²) in [5.41, 5.74) is 5.21. The Bertz CT molecular complexity index is 169. The molecule has 0 aromatic carbocycles. The summed E-state index contributed by atoms with van der Waals surface area (Å²) in [4.78, 5) is 12.6. The van der Waals surface area contributed by atoms with Gasteiger partial charge in [-0.1, -0.05) is 0 Å². The number of nitrogens with two attached hydrogens (primary N) is 1. The molecule has 0 aromatic heterocycles. The maximum atomic E-state index is 10.8. The number of hydrogen-bond donors (Lipinski definition) is 1. The molecular formula is C8H14N2O. The SMILES string of the molecule is NC(=O)N1CC2CCC(C2)C1. The highest BCUT2D eigenvalue weighted by molar-refractivity contribution is 5.72. The van der Waals surface area contributed by atoms with Crippen LogP contribution in [0, 0.1) is 11.8 Å². The van der Waals surface area contributed by atoms with E-state index >= 15 is 0 Å². The Morgan fingerprint density at radius 2 is 1.82 bits per heavy atom. The van der Waals surface area contributed by atoms with Gasteiger partial charge in [-0.2, -0.15) is 0 Å².